The van der Waals surface area contributed by atoms with E-state index < -0.39 is 5.91 Å². The number of methoxy groups -OCH3 is 1. The van der Waals surface area contributed by atoms with Crippen molar-refractivity contribution in [3.8, 4) is 16.9 Å². The minimum Gasteiger partial charge on any atom is -0.496 e. The highest BCUT2D eigenvalue weighted by molar-refractivity contribution is 6.01. The first-order valence-electron chi connectivity index (χ1n) is 7.59. The first-order chi connectivity index (χ1) is 12.2. The molecule has 1 aromatic carbocycles. The van der Waals surface area contributed by atoms with E-state index in [9.17, 15) is 4.79 Å². The van der Waals surface area contributed by atoms with Gasteiger partial charge in [-0.1, -0.05) is 18.2 Å². The molecule has 7 heteroatoms. The van der Waals surface area contributed by atoms with E-state index >= 15 is 0 Å². The molecule has 4 rings (SSSR count). The maximum absolute atomic E-state index is 12.0. The number of aromatic nitrogens is 3. The zero-order chi connectivity index (χ0) is 17.2. The third kappa shape index (κ3) is 2.83. The number of nitrogens with one attached hydrogen (secondary N) is 1. The van der Waals surface area contributed by atoms with Crippen molar-refractivity contribution >= 4 is 17.5 Å². The summed E-state index contributed by atoms with van der Waals surface area (Å²) < 4.78 is 12.1. The molecule has 3 aromatic heterocycles. The zero-order valence-electron chi connectivity index (χ0n) is 13.3. The third-order valence-corrected chi connectivity index (χ3v) is 3.72. The largest absolute Gasteiger partial charge is 0.496 e. The molecule has 0 saturated heterocycles. The highest BCUT2D eigenvalue weighted by Crippen LogP contribution is 2.29. The number of carbonyl (C=O) groups excluding carboxylic acids is 1. The Morgan fingerprint density at radius 1 is 1.16 bits per heavy atom. The lowest BCUT2D eigenvalue weighted by molar-refractivity contribution is 0.0996. The molecule has 0 bridgehead atoms. The average Bonchev–Trinajstić information content (AvgIpc) is 3.30. The first kappa shape index (κ1) is 14.9. The Morgan fingerprint density at radius 2 is 2.04 bits per heavy atom. The number of benzene rings is 1. The van der Waals surface area contributed by atoms with Crippen molar-refractivity contribution in [3.05, 3.63) is 66.8 Å². The molecule has 3 heterocycles. The predicted octanol–water partition coefficient (Wildman–Crippen LogP) is 3.25. The minimum atomic E-state index is -0.397. The van der Waals surface area contributed by atoms with Crippen molar-refractivity contribution in [2.24, 2.45) is 0 Å². The molecule has 7 nitrogen and oxygen atoms in total. The number of carbonyl (C=O) groups is 1. The van der Waals surface area contributed by atoms with Crippen molar-refractivity contribution in [2.75, 3.05) is 12.4 Å². The fourth-order valence-corrected chi connectivity index (χ4v) is 2.55. The van der Waals surface area contributed by atoms with Gasteiger partial charge in [0.2, 0.25) is 5.95 Å². The zero-order valence-corrected chi connectivity index (χ0v) is 13.3. The normalized spacial score (nSPS) is 10.8. The maximum Gasteiger partial charge on any atom is 0.293 e. The third-order valence-electron chi connectivity index (χ3n) is 3.72. The molecule has 0 saturated carbocycles. The van der Waals surface area contributed by atoms with Crippen LogP contribution in [0.1, 0.15) is 10.6 Å². The fourth-order valence-electron chi connectivity index (χ4n) is 2.55. The molecule has 4 aromatic rings. The minimum absolute atomic E-state index is 0.202. The first-order valence-corrected chi connectivity index (χ1v) is 7.59. The molecule has 124 valence electrons. The molecule has 0 radical (unpaired) electrons. The van der Waals surface area contributed by atoms with Crippen LogP contribution in [0.15, 0.2) is 65.4 Å². The van der Waals surface area contributed by atoms with Gasteiger partial charge in [-0.3, -0.25) is 10.1 Å². The molecule has 0 unspecified atom stereocenters. The Kier molecular flexibility index (Phi) is 3.66. The van der Waals surface area contributed by atoms with E-state index in [-0.39, 0.29) is 11.7 Å². The van der Waals surface area contributed by atoms with Gasteiger partial charge >= 0.3 is 0 Å². The Bertz CT molecular complexity index is 1040. The number of hydrogen-bond donors (Lipinski definition) is 1. The van der Waals surface area contributed by atoms with E-state index in [1.54, 1.807) is 23.8 Å². The van der Waals surface area contributed by atoms with E-state index in [0.29, 0.717) is 5.65 Å². The monoisotopic (exact) mass is 334 g/mol. The number of amides is 1. The SMILES string of the molecule is COc1ccccc1-c1ccc2nc(NC(=O)c3ccco3)nn2c1. The number of furan rings is 1. The summed E-state index contributed by atoms with van der Waals surface area (Å²) in [4.78, 5) is 16.3. The van der Waals surface area contributed by atoms with Crippen molar-refractivity contribution < 1.29 is 13.9 Å². The molecule has 0 fully saturated rings. The topological polar surface area (TPSA) is 81.7 Å². The molecule has 1 N–H and O–H groups in total. The van der Waals surface area contributed by atoms with E-state index in [1.807, 2.05) is 42.6 Å². The Morgan fingerprint density at radius 3 is 2.84 bits per heavy atom. The summed E-state index contributed by atoms with van der Waals surface area (Å²) >= 11 is 0. The van der Waals surface area contributed by atoms with Gasteiger partial charge in [0.1, 0.15) is 5.75 Å². The smallest absolute Gasteiger partial charge is 0.293 e. The number of ether oxygens (including phenoxy) is 1. The molecule has 25 heavy (non-hydrogen) atoms. The lowest BCUT2D eigenvalue weighted by Gasteiger charge is -2.07. The van der Waals surface area contributed by atoms with Crippen LogP contribution in [0.2, 0.25) is 0 Å². The van der Waals surface area contributed by atoms with E-state index in [4.69, 9.17) is 9.15 Å². The second kappa shape index (κ2) is 6.12. The van der Waals surface area contributed by atoms with Gasteiger partial charge in [0, 0.05) is 17.3 Å². The summed E-state index contributed by atoms with van der Waals surface area (Å²) in [7, 11) is 1.63. The molecule has 0 aliphatic carbocycles. The molecule has 1 amide bonds. The van der Waals surface area contributed by atoms with Crippen LogP contribution in [0.5, 0.6) is 5.75 Å². The number of hydrogen-bond acceptors (Lipinski definition) is 5. The predicted molar refractivity (Wildman–Crippen MR) is 91.6 cm³/mol. The number of fused-ring (bicyclic) bond motifs is 1. The number of para-hydroxylation sites is 1. The molecule has 0 atom stereocenters. The van der Waals surface area contributed by atoms with Gasteiger partial charge in [0.15, 0.2) is 11.4 Å². The molecule has 0 aliphatic rings. The van der Waals surface area contributed by atoms with Gasteiger partial charge in [-0.15, -0.1) is 5.10 Å². The number of anilines is 1. The Balaban J connectivity index is 1.67. The fraction of sp³-hybridized carbons (Fsp3) is 0.0556. The van der Waals surface area contributed by atoms with Crippen LogP contribution >= 0.6 is 0 Å². The van der Waals surface area contributed by atoms with Crippen LogP contribution < -0.4 is 10.1 Å². The molecular formula is C18H14N4O3. The van der Waals surface area contributed by atoms with Crippen LogP contribution in [-0.4, -0.2) is 27.6 Å². The van der Waals surface area contributed by atoms with Gasteiger partial charge in [-0.05, 0) is 30.3 Å². The van der Waals surface area contributed by atoms with Crippen molar-refractivity contribution in [1.82, 2.24) is 14.6 Å². The van der Waals surface area contributed by atoms with Crippen LogP contribution in [0.25, 0.3) is 16.8 Å². The standard InChI is InChI=1S/C18H14N4O3/c1-24-14-6-3-2-5-13(14)12-8-9-16-19-18(21-22(16)11-12)20-17(23)15-7-4-10-25-15/h2-11H,1H3,(H,20,21,23). The Hall–Kier alpha value is -3.61. The van der Waals surface area contributed by atoms with Gasteiger partial charge in [-0.25, -0.2) is 4.52 Å². The average molecular weight is 334 g/mol. The van der Waals surface area contributed by atoms with Crippen LogP contribution in [0.3, 0.4) is 0 Å². The second-order valence-electron chi connectivity index (χ2n) is 5.29. The summed E-state index contributed by atoms with van der Waals surface area (Å²) in [5.41, 5.74) is 2.50. The van der Waals surface area contributed by atoms with Crippen LogP contribution in [0, 0.1) is 0 Å². The van der Waals surface area contributed by atoms with Gasteiger partial charge in [0.05, 0.1) is 13.4 Å². The summed E-state index contributed by atoms with van der Waals surface area (Å²) in [6.45, 7) is 0. The molecular weight excluding hydrogens is 320 g/mol. The molecule has 0 aliphatic heterocycles. The number of nitrogens with zero attached hydrogens (tertiary/aromatic N) is 3. The molecule has 0 spiro atoms. The highest BCUT2D eigenvalue weighted by atomic mass is 16.5. The summed E-state index contributed by atoms with van der Waals surface area (Å²) in [6, 6.07) is 14.7. The summed E-state index contributed by atoms with van der Waals surface area (Å²) in [6.07, 6.45) is 3.27. The number of rotatable bonds is 4. The van der Waals surface area contributed by atoms with Crippen molar-refractivity contribution in [2.45, 2.75) is 0 Å². The van der Waals surface area contributed by atoms with Crippen LogP contribution in [0.4, 0.5) is 5.95 Å². The van der Waals surface area contributed by atoms with Crippen LogP contribution in [-0.2, 0) is 0 Å². The van der Waals surface area contributed by atoms with E-state index in [1.165, 1.54) is 6.26 Å². The van der Waals surface area contributed by atoms with Gasteiger partial charge in [0.25, 0.3) is 5.91 Å². The highest BCUT2D eigenvalue weighted by Gasteiger charge is 2.13. The summed E-state index contributed by atoms with van der Waals surface area (Å²) in [5, 5.41) is 6.91. The maximum atomic E-state index is 12.0. The Labute approximate surface area is 142 Å². The second-order valence-corrected chi connectivity index (χ2v) is 5.29. The van der Waals surface area contributed by atoms with Gasteiger partial charge < -0.3 is 9.15 Å². The lowest BCUT2D eigenvalue weighted by Crippen LogP contribution is -2.12. The van der Waals surface area contributed by atoms with Crippen molar-refractivity contribution in [3.63, 3.8) is 0 Å². The lowest BCUT2D eigenvalue weighted by atomic mass is 10.1. The quantitative estimate of drug-likeness (QED) is 0.619. The van der Waals surface area contributed by atoms with Gasteiger partial charge in [-0.2, -0.15) is 4.98 Å². The summed E-state index contributed by atoms with van der Waals surface area (Å²) in [5.74, 6) is 0.784. The van der Waals surface area contributed by atoms with E-state index in [0.717, 1.165) is 16.9 Å². The van der Waals surface area contributed by atoms with E-state index in [2.05, 4.69) is 15.4 Å². The number of pyridine rings is 1. The van der Waals surface area contributed by atoms with Crippen molar-refractivity contribution in [1.29, 1.82) is 0 Å².